The molecule has 2 heterocycles. The van der Waals surface area contributed by atoms with E-state index < -0.39 is 17.6 Å². The van der Waals surface area contributed by atoms with E-state index in [0.717, 1.165) is 24.1 Å². The lowest BCUT2D eigenvalue weighted by Gasteiger charge is -2.23. The third kappa shape index (κ3) is 3.33. The summed E-state index contributed by atoms with van der Waals surface area (Å²) in [7, 11) is 0. The molecule has 7 heteroatoms. The Hall–Kier alpha value is -3.35. The fraction of sp³-hybridized carbons (Fsp3) is 0.227. The van der Waals surface area contributed by atoms with Crippen LogP contribution in [-0.2, 0) is 11.2 Å². The first-order valence-electron chi connectivity index (χ1n) is 9.37. The molecular formula is C22H19F2N3O2. The van der Waals surface area contributed by atoms with E-state index in [4.69, 9.17) is 0 Å². The Morgan fingerprint density at radius 3 is 2.59 bits per heavy atom. The number of anilines is 1. The molecule has 1 aliphatic heterocycles. The first-order chi connectivity index (χ1) is 13.9. The summed E-state index contributed by atoms with van der Waals surface area (Å²) in [6.07, 6.45) is 0.847. The van der Waals surface area contributed by atoms with Gasteiger partial charge in [0.1, 0.15) is 17.3 Å². The van der Waals surface area contributed by atoms with Crippen LogP contribution in [0.5, 0.6) is 0 Å². The van der Waals surface area contributed by atoms with Gasteiger partial charge in [-0.15, -0.1) is 0 Å². The minimum Gasteiger partial charge on any atom is -0.310 e. The number of benzene rings is 2. The fourth-order valence-electron chi connectivity index (χ4n) is 3.70. The largest absolute Gasteiger partial charge is 0.310 e. The molecule has 3 aromatic rings. The van der Waals surface area contributed by atoms with Crippen LogP contribution in [-0.4, -0.2) is 21.5 Å². The number of aryl methyl sites for hydroxylation is 2. The summed E-state index contributed by atoms with van der Waals surface area (Å²) in [5.74, 6) is -2.54. The number of rotatable bonds is 4. The molecule has 4 rings (SSSR count). The second-order valence-electron chi connectivity index (χ2n) is 7.07. The third-order valence-electron chi connectivity index (χ3n) is 5.20. The molecule has 1 N–H and O–H groups in total. The molecule has 148 valence electrons. The van der Waals surface area contributed by atoms with E-state index in [2.05, 4.69) is 10.4 Å². The van der Waals surface area contributed by atoms with Crippen LogP contribution in [0.2, 0.25) is 0 Å². The topological polar surface area (TPSA) is 64.0 Å². The number of ketones is 1. The van der Waals surface area contributed by atoms with Crippen molar-refractivity contribution < 1.29 is 18.4 Å². The lowest BCUT2D eigenvalue weighted by atomic mass is 9.85. The highest BCUT2D eigenvalue weighted by Gasteiger charge is 2.36. The fourth-order valence-corrected chi connectivity index (χ4v) is 3.70. The highest BCUT2D eigenvalue weighted by atomic mass is 19.1. The van der Waals surface area contributed by atoms with Gasteiger partial charge in [-0.05, 0) is 31.0 Å². The molecule has 2 aromatic carbocycles. The van der Waals surface area contributed by atoms with Crippen LogP contribution in [0.3, 0.4) is 0 Å². The molecule has 0 aliphatic carbocycles. The minimum atomic E-state index is -0.812. The van der Waals surface area contributed by atoms with Crippen molar-refractivity contribution in [3.8, 4) is 5.69 Å². The van der Waals surface area contributed by atoms with Crippen LogP contribution in [0.1, 0.15) is 46.4 Å². The molecule has 1 aromatic heterocycles. The van der Waals surface area contributed by atoms with Crippen LogP contribution in [0, 0.1) is 18.6 Å². The molecule has 0 bridgehead atoms. The van der Waals surface area contributed by atoms with E-state index in [1.807, 2.05) is 19.1 Å². The smallest absolute Gasteiger partial charge is 0.226 e. The summed E-state index contributed by atoms with van der Waals surface area (Å²) in [6.45, 7) is 3.73. The highest BCUT2D eigenvalue weighted by molar-refractivity contribution is 6.08. The van der Waals surface area contributed by atoms with Crippen molar-refractivity contribution in [2.45, 2.75) is 32.6 Å². The Morgan fingerprint density at radius 2 is 1.93 bits per heavy atom. The number of hydrogen-bond donors (Lipinski definition) is 1. The highest BCUT2D eigenvalue weighted by Crippen LogP contribution is 2.38. The van der Waals surface area contributed by atoms with E-state index >= 15 is 0 Å². The Balaban J connectivity index is 1.80. The zero-order valence-electron chi connectivity index (χ0n) is 16.0. The van der Waals surface area contributed by atoms with Crippen LogP contribution in [0.15, 0.2) is 42.5 Å². The van der Waals surface area contributed by atoms with Gasteiger partial charge in [-0.1, -0.05) is 31.2 Å². The number of nitrogens with zero attached hydrogens (tertiary/aromatic N) is 2. The Bertz CT molecular complexity index is 1120. The van der Waals surface area contributed by atoms with Crippen molar-refractivity contribution in [3.63, 3.8) is 0 Å². The molecule has 1 amide bonds. The van der Waals surface area contributed by atoms with Crippen molar-refractivity contribution in [2.75, 3.05) is 5.32 Å². The summed E-state index contributed by atoms with van der Waals surface area (Å²) < 4.78 is 28.8. The molecule has 5 nitrogen and oxygen atoms in total. The molecule has 0 spiro atoms. The van der Waals surface area contributed by atoms with Gasteiger partial charge in [-0.25, -0.2) is 13.5 Å². The lowest BCUT2D eigenvalue weighted by molar-refractivity contribution is -0.116. The minimum absolute atomic E-state index is 0.00329. The number of fused-ring (bicyclic) bond motifs is 1. The van der Waals surface area contributed by atoms with Crippen molar-refractivity contribution in [1.29, 1.82) is 0 Å². The van der Waals surface area contributed by atoms with Crippen LogP contribution < -0.4 is 5.32 Å². The molecule has 0 unspecified atom stereocenters. The Morgan fingerprint density at radius 1 is 1.21 bits per heavy atom. The summed E-state index contributed by atoms with van der Waals surface area (Å²) >= 11 is 0. The first-order valence-corrected chi connectivity index (χ1v) is 9.37. The van der Waals surface area contributed by atoms with Crippen LogP contribution in [0.25, 0.3) is 5.69 Å². The van der Waals surface area contributed by atoms with Crippen molar-refractivity contribution in [1.82, 2.24) is 9.78 Å². The van der Waals surface area contributed by atoms with Gasteiger partial charge in [0.05, 0.1) is 11.6 Å². The van der Waals surface area contributed by atoms with E-state index in [1.54, 1.807) is 19.1 Å². The normalized spacial score (nSPS) is 15.7. The summed E-state index contributed by atoms with van der Waals surface area (Å²) in [4.78, 5) is 25.5. The third-order valence-corrected chi connectivity index (χ3v) is 5.20. The zero-order chi connectivity index (χ0) is 20.7. The number of carbonyl (C=O) groups is 2. The number of nitrogens with one attached hydrogen (secondary N) is 1. The second-order valence-corrected chi connectivity index (χ2v) is 7.07. The average Bonchev–Trinajstić information content (AvgIpc) is 3.03. The number of Topliss-reactive ketones (excluding diaryl/α,β-unsaturated/α-hetero) is 1. The zero-order valence-corrected chi connectivity index (χ0v) is 16.0. The molecule has 0 fully saturated rings. The maximum Gasteiger partial charge on any atom is 0.226 e. The quantitative estimate of drug-likeness (QED) is 0.669. The molecule has 1 aliphatic rings. The Labute approximate surface area is 166 Å². The lowest BCUT2D eigenvalue weighted by Crippen LogP contribution is -2.28. The second kappa shape index (κ2) is 7.24. The van der Waals surface area contributed by atoms with E-state index in [9.17, 15) is 18.4 Å². The maximum atomic E-state index is 14.3. The van der Waals surface area contributed by atoms with Gasteiger partial charge in [0.2, 0.25) is 5.91 Å². The molecule has 0 radical (unpaired) electrons. The average molecular weight is 395 g/mol. The number of hydrogen-bond acceptors (Lipinski definition) is 3. The maximum absolute atomic E-state index is 14.3. The Kier molecular flexibility index (Phi) is 4.74. The van der Waals surface area contributed by atoms with E-state index in [1.165, 1.54) is 10.7 Å². The summed E-state index contributed by atoms with van der Waals surface area (Å²) in [5.41, 5.74) is 2.67. The standard InChI is InChI=1S/C22H19F2N3O2/c1-3-13-4-6-14(7-5-13)21(29)16-11-19(28)25-22-20(16)12(2)26-27(22)18-9-8-15(23)10-17(18)24/h4-10,16H,3,11H2,1-2H3,(H,25,28)/t16-/m1/s1. The predicted octanol–water partition coefficient (Wildman–Crippen LogP) is 4.33. The van der Waals surface area contributed by atoms with Gasteiger partial charge in [-0.3, -0.25) is 9.59 Å². The van der Waals surface area contributed by atoms with Crippen LogP contribution in [0.4, 0.5) is 14.6 Å². The van der Waals surface area contributed by atoms with Gasteiger partial charge < -0.3 is 5.32 Å². The number of halogens is 2. The predicted molar refractivity (Wildman–Crippen MR) is 104 cm³/mol. The molecular weight excluding hydrogens is 376 g/mol. The van der Waals surface area contributed by atoms with E-state index in [-0.39, 0.29) is 29.6 Å². The van der Waals surface area contributed by atoms with Crippen LogP contribution >= 0.6 is 0 Å². The van der Waals surface area contributed by atoms with Gasteiger partial charge in [-0.2, -0.15) is 5.10 Å². The van der Waals surface area contributed by atoms with E-state index in [0.29, 0.717) is 16.8 Å². The summed E-state index contributed by atoms with van der Waals surface area (Å²) in [5, 5.41) is 7.02. The van der Waals surface area contributed by atoms with Crippen molar-refractivity contribution in [3.05, 3.63) is 76.5 Å². The molecule has 0 saturated heterocycles. The molecule has 0 saturated carbocycles. The van der Waals surface area contributed by atoms with Gasteiger partial charge in [0.15, 0.2) is 11.6 Å². The van der Waals surface area contributed by atoms with Gasteiger partial charge in [0.25, 0.3) is 0 Å². The van der Waals surface area contributed by atoms with Gasteiger partial charge >= 0.3 is 0 Å². The van der Waals surface area contributed by atoms with Gasteiger partial charge in [0, 0.05) is 23.6 Å². The molecule has 29 heavy (non-hydrogen) atoms. The van der Waals surface area contributed by atoms with Crippen molar-refractivity contribution in [2.24, 2.45) is 0 Å². The number of aromatic nitrogens is 2. The SMILES string of the molecule is CCc1ccc(C(=O)[C@@H]2CC(=O)Nc3c2c(C)nn3-c2ccc(F)cc2F)cc1. The number of carbonyl (C=O) groups excluding carboxylic acids is 2. The molecule has 1 atom stereocenters. The van der Waals surface area contributed by atoms with Crippen molar-refractivity contribution >= 4 is 17.5 Å². The number of amides is 1. The summed E-state index contributed by atoms with van der Waals surface area (Å²) in [6, 6.07) is 10.4. The first kappa shape index (κ1) is 19.0. The monoisotopic (exact) mass is 395 g/mol.